The number of carbonyl (C=O) groups excluding carboxylic acids is 2. The highest BCUT2D eigenvalue weighted by Gasteiger charge is 2.25. The maximum absolute atomic E-state index is 12.6. The molecule has 2 amide bonds. The molecule has 1 atom stereocenters. The molecule has 0 saturated carbocycles. The Hall–Kier alpha value is -2.37. The van der Waals surface area contributed by atoms with Crippen molar-refractivity contribution in [2.24, 2.45) is 0 Å². The molecule has 3 rings (SSSR count). The van der Waals surface area contributed by atoms with Crippen molar-refractivity contribution < 1.29 is 14.1 Å². The van der Waals surface area contributed by atoms with E-state index >= 15 is 0 Å². The van der Waals surface area contributed by atoms with Crippen molar-refractivity contribution in [2.45, 2.75) is 45.1 Å². The van der Waals surface area contributed by atoms with Crippen LogP contribution in [0.5, 0.6) is 0 Å². The van der Waals surface area contributed by atoms with Crippen molar-refractivity contribution >= 4 is 22.8 Å². The number of nitrogens with one attached hydrogen (secondary N) is 1. The van der Waals surface area contributed by atoms with E-state index in [4.69, 9.17) is 4.52 Å². The van der Waals surface area contributed by atoms with Gasteiger partial charge in [0.05, 0.1) is 6.42 Å². The summed E-state index contributed by atoms with van der Waals surface area (Å²) in [5.41, 5.74) is 1.37. The topological polar surface area (TPSA) is 75.4 Å². The second kappa shape index (κ2) is 7.47. The van der Waals surface area contributed by atoms with E-state index in [9.17, 15) is 9.59 Å². The number of hydrogen-bond donors (Lipinski definition) is 1. The average molecular weight is 329 g/mol. The van der Waals surface area contributed by atoms with E-state index < -0.39 is 0 Å². The van der Waals surface area contributed by atoms with Gasteiger partial charge in [0.2, 0.25) is 11.8 Å². The van der Waals surface area contributed by atoms with Gasteiger partial charge < -0.3 is 14.7 Å². The third-order valence-electron chi connectivity index (χ3n) is 4.39. The van der Waals surface area contributed by atoms with Gasteiger partial charge >= 0.3 is 0 Å². The lowest BCUT2D eigenvalue weighted by atomic mass is 10.0. The van der Waals surface area contributed by atoms with Gasteiger partial charge in [0.15, 0.2) is 5.58 Å². The molecule has 6 nitrogen and oxygen atoms in total. The molecule has 1 saturated heterocycles. The van der Waals surface area contributed by atoms with Crippen LogP contribution in [0.2, 0.25) is 0 Å². The van der Waals surface area contributed by atoms with Crippen molar-refractivity contribution in [3.8, 4) is 0 Å². The van der Waals surface area contributed by atoms with Gasteiger partial charge in [-0.05, 0) is 31.4 Å². The number of amides is 2. The number of piperidine rings is 1. The van der Waals surface area contributed by atoms with Crippen LogP contribution in [0.25, 0.3) is 11.0 Å². The summed E-state index contributed by atoms with van der Waals surface area (Å²) in [4.78, 5) is 26.2. The van der Waals surface area contributed by atoms with Gasteiger partial charge in [0, 0.05) is 30.9 Å². The van der Waals surface area contributed by atoms with E-state index in [-0.39, 0.29) is 24.3 Å². The molecule has 2 aromatic rings. The summed E-state index contributed by atoms with van der Waals surface area (Å²) in [5, 5.41) is 7.94. The predicted molar refractivity (Wildman–Crippen MR) is 90.4 cm³/mol. The highest BCUT2D eigenvalue weighted by atomic mass is 16.5. The number of benzene rings is 1. The van der Waals surface area contributed by atoms with E-state index in [1.807, 2.05) is 36.1 Å². The van der Waals surface area contributed by atoms with Crippen LogP contribution in [-0.4, -0.2) is 41.0 Å². The molecule has 1 fully saturated rings. The number of rotatable bonds is 5. The highest BCUT2D eigenvalue weighted by molar-refractivity contribution is 5.86. The van der Waals surface area contributed by atoms with Crippen LogP contribution in [0.3, 0.4) is 0 Å². The molecule has 1 aliphatic heterocycles. The maximum Gasteiger partial charge on any atom is 0.228 e. The standard InChI is InChI=1S/C18H23N3O3/c1-2-6-17(22)19-13-7-5-10-21(12-13)18(23)11-15-14-8-3-4-9-16(14)24-20-15/h3-4,8-9,13H,2,5-7,10-12H2,1H3,(H,19,22)/t13-/m0/s1. The summed E-state index contributed by atoms with van der Waals surface area (Å²) in [6.45, 7) is 3.29. The van der Waals surface area contributed by atoms with Crippen LogP contribution in [-0.2, 0) is 16.0 Å². The maximum atomic E-state index is 12.6. The van der Waals surface area contributed by atoms with Crippen molar-refractivity contribution in [3.63, 3.8) is 0 Å². The minimum Gasteiger partial charge on any atom is -0.356 e. The molecule has 128 valence electrons. The first-order chi connectivity index (χ1) is 11.7. The Kier molecular flexibility index (Phi) is 5.13. The van der Waals surface area contributed by atoms with Crippen molar-refractivity contribution in [3.05, 3.63) is 30.0 Å². The Morgan fingerprint density at radius 1 is 1.38 bits per heavy atom. The summed E-state index contributed by atoms with van der Waals surface area (Å²) in [5.74, 6) is 0.0998. The summed E-state index contributed by atoms with van der Waals surface area (Å²) < 4.78 is 5.26. The molecule has 1 aromatic heterocycles. The first-order valence-electron chi connectivity index (χ1n) is 8.57. The predicted octanol–water partition coefficient (Wildman–Crippen LogP) is 2.28. The van der Waals surface area contributed by atoms with Gasteiger partial charge in [-0.2, -0.15) is 0 Å². The molecule has 0 aliphatic carbocycles. The lowest BCUT2D eigenvalue weighted by Gasteiger charge is -2.33. The van der Waals surface area contributed by atoms with E-state index in [0.29, 0.717) is 24.2 Å². The molecule has 1 N–H and O–H groups in total. The molecule has 24 heavy (non-hydrogen) atoms. The van der Waals surface area contributed by atoms with Crippen LogP contribution in [0.4, 0.5) is 0 Å². The Bertz CT molecular complexity index is 725. The van der Waals surface area contributed by atoms with Crippen LogP contribution in [0.1, 0.15) is 38.3 Å². The normalized spacial score (nSPS) is 17.9. The highest BCUT2D eigenvalue weighted by Crippen LogP contribution is 2.19. The number of hydrogen-bond acceptors (Lipinski definition) is 4. The first-order valence-corrected chi connectivity index (χ1v) is 8.57. The molecule has 6 heteroatoms. The fourth-order valence-electron chi connectivity index (χ4n) is 3.17. The van der Waals surface area contributed by atoms with Gasteiger partial charge in [-0.1, -0.05) is 24.2 Å². The minimum absolute atomic E-state index is 0.0310. The molecular formula is C18H23N3O3. The second-order valence-electron chi connectivity index (χ2n) is 6.30. The number of likely N-dealkylation sites (tertiary alicyclic amines) is 1. The van der Waals surface area contributed by atoms with Crippen LogP contribution >= 0.6 is 0 Å². The second-order valence-corrected chi connectivity index (χ2v) is 6.30. The fourth-order valence-corrected chi connectivity index (χ4v) is 3.17. The third kappa shape index (κ3) is 3.75. The van der Waals surface area contributed by atoms with Crippen LogP contribution < -0.4 is 5.32 Å². The Morgan fingerprint density at radius 3 is 3.04 bits per heavy atom. The largest absolute Gasteiger partial charge is 0.356 e. The molecule has 2 heterocycles. The number of para-hydroxylation sites is 1. The summed E-state index contributed by atoms with van der Waals surface area (Å²) >= 11 is 0. The number of nitrogens with zero attached hydrogens (tertiary/aromatic N) is 2. The molecule has 0 unspecified atom stereocenters. The number of fused-ring (bicyclic) bond motifs is 1. The Balaban J connectivity index is 1.61. The van der Waals surface area contributed by atoms with Gasteiger partial charge in [-0.25, -0.2) is 0 Å². The minimum atomic E-state index is 0.0310. The third-order valence-corrected chi connectivity index (χ3v) is 4.39. The quantitative estimate of drug-likeness (QED) is 0.913. The van der Waals surface area contributed by atoms with Gasteiger partial charge in [-0.3, -0.25) is 9.59 Å². The summed E-state index contributed by atoms with van der Waals surface area (Å²) in [7, 11) is 0. The summed E-state index contributed by atoms with van der Waals surface area (Å²) in [6.07, 6.45) is 3.43. The zero-order valence-electron chi connectivity index (χ0n) is 14.0. The van der Waals surface area contributed by atoms with Crippen molar-refractivity contribution in [2.75, 3.05) is 13.1 Å². The monoisotopic (exact) mass is 329 g/mol. The molecular weight excluding hydrogens is 306 g/mol. The lowest BCUT2D eigenvalue weighted by Crippen LogP contribution is -2.50. The first kappa shape index (κ1) is 16.5. The van der Waals surface area contributed by atoms with E-state index in [0.717, 1.165) is 31.2 Å². The van der Waals surface area contributed by atoms with E-state index in [2.05, 4.69) is 10.5 Å². The molecule has 0 bridgehead atoms. The van der Waals surface area contributed by atoms with Crippen LogP contribution in [0, 0.1) is 0 Å². The average Bonchev–Trinajstić information content (AvgIpc) is 2.98. The zero-order chi connectivity index (χ0) is 16.9. The van der Waals surface area contributed by atoms with Crippen LogP contribution in [0.15, 0.2) is 28.8 Å². The smallest absolute Gasteiger partial charge is 0.228 e. The molecule has 1 aromatic carbocycles. The summed E-state index contributed by atoms with van der Waals surface area (Å²) in [6, 6.07) is 7.60. The Labute approximate surface area is 141 Å². The Morgan fingerprint density at radius 2 is 2.21 bits per heavy atom. The molecule has 0 radical (unpaired) electrons. The lowest BCUT2D eigenvalue weighted by molar-refractivity contribution is -0.133. The number of aromatic nitrogens is 1. The van der Waals surface area contributed by atoms with E-state index in [1.165, 1.54) is 0 Å². The molecule has 1 aliphatic rings. The number of carbonyl (C=O) groups is 2. The zero-order valence-corrected chi connectivity index (χ0v) is 14.0. The van der Waals surface area contributed by atoms with Crippen molar-refractivity contribution in [1.29, 1.82) is 0 Å². The van der Waals surface area contributed by atoms with Gasteiger partial charge in [0.25, 0.3) is 0 Å². The van der Waals surface area contributed by atoms with Gasteiger partial charge in [-0.15, -0.1) is 0 Å². The molecule has 0 spiro atoms. The van der Waals surface area contributed by atoms with E-state index in [1.54, 1.807) is 0 Å². The SMILES string of the molecule is CCCC(=O)N[C@H]1CCCN(C(=O)Cc2noc3ccccc23)C1. The fraction of sp³-hybridized carbons (Fsp3) is 0.500. The van der Waals surface area contributed by atoms with Gasteiger partial charge in [0.1, 0.15) is 5.69 Å². The van der Waals surface area contributed by atoms with Crippen molar-refractivity contribution in [1.82, 2.24) is 15.4 Å².